The average molecular weight is 431 g/mol. The van der Waals surface area contributed by atoms with Crippen molar-refractivity contribution < 1.29 is 19.1 Å². The zero-order valence-electron chi connectivity index (χ0n) is 18.4. The van der Waals surface area contributed by atoms with Crippen molar-refractivity contribution in [3.63, 3.8) is 0 Å². The van der Waals surface area contributed by atoms with Crippen molar-refractivity contribution in [1.29, 1.82) is 0 Å². The van der Waals surface area contributed by atoms with Crippen LogP contribution < -0.4 is 14.8 Å². The van der Waals surface area contributed by atoms with E-state index in [-0.39, 0.29) is 11.8 Å². The Labute approximate surface area is 187 Å². The molecule has 6 heteroatoms. The fourth-order valence-corrected chi connectivity index (χ4v) is 4.20. The van der Waals surface area contributed by atoms with E-state index in [2.05, 4.69) is 5.32 Å². The van der Waals surface area contributed by atoms with Crippen LogP contribution in [0.3, 0.4) is 0 Å². The number of anilines is 1. The molecule has 1 N–H and O–H groups in total. The van der Waals surface area contributed by atoms with Gasteiger partial charge in [-0.1, -0.05) is 30.3 Å². The molecule has 164 valence electrons. The molecule has 0 aromatic heterocycles. The fraction of sp³-hybridized carbons (Fsp3) is 0.231. The lowest BCUT2D eigenvalue weighted by Gasteiger charge is -2.39. The number of fused-ring (bicyclic) bond motifs is 1. The standard InChI is InChI=1S/C26H26N2O4/c1-4-32-20-15-11-18(12-16-20)27-25(29)23-21-7-5-6-8-22(21)26(30)28(2)24(23)17-9-13-19(31-3)14-10-17/h5-16,23-24H,4H2,1-3H3,(H,27,29)/t23-,24-/m0/s1. The second kappa shape index (κ2) is 9.14. The van der Waals surface area contributed by atoms with Crippen molar-refractivity contribution in [3.05, 3.63) is 89.5 Å². The Balaban J connectivity index is 1.72. The van der Waals surface area contributed by atoms with Gasteiger partial charge in [-0.2, -0.15) is 0 Å². The highest BCUT2D eigenvalue weighted by atomic mass is 16.5. The fourth-order valence-electron chi connectivity index (χ4n) is 4.20. The topological polar surface area (TPSA) is 67.9 Å². The molecule has 0 spiro atoms. The summed E-state index contributed by atoms with van der Waals surface area (Å²) in [5.41, 5.74) is 2.80. The molecular weight excluding hydrogens is 404 g/mol. The molecule has 0 unspecified atom stereocenters. The Morgan fingerprint density at radius 1 is 0.969 bits per heavy atom. The highest BCUT2D eigenvalue weighted by Crippen LogP contribution is 2.42. The molecule has 1 aliphatic heterocycles. The number of hydrogen-bond acceptors (Lipinski definition) is 4. The van der Waals surface area contributed by atoms with E-state index in [0.29, 0.717) is 23.6 Å². The maximum absolute atomic E-state index is 13.6. The number of carbonyl (C=O) groups excluding carboxylic acids is 2. The molecule has 0 saturated heterocycles. The molecule has 2 atom stereocenters. The van der Waals surface area contributed by atoms with E-state index in [9.17, 15) is 9.59 Å². The lowest BCUT2D eigenvalue weighted by molar-refractivity contribution is -0.119. The van der Waals surface area contributed by atoms with Gasteiger partial charge in [0, 0.05) is 18.3 Å². The van der Waals surface area contributed by atoms with Crippen molar-refractivity contribution >= 4 is 17.5 Å². The van der Waals surface area contributed by atoms with E-state index in [4.69, 9.17) is 9.47 Å². The van der Waals surface area contributed by atoms with Gasteiger partial charge in [-0.05, 0) is 60.5 Å². The molecule has 4 rings (SSSR count). The van der Waals surface area contributed by atoms with Gasteiger partial charge in [0.15, 0.2) is 0 Å². The van der Waals surface area contributed by atoms with Gasteiger partial charge >= 0.3 is 0 Å². The number of methoxy groups -OCH3 is 1. The van der Waals surface area contributed by atoms with E-state index in [1.54, 1.807) is 25.1 Å². The molecule has 2 amide bonds. The Bertz CT molecular complexity index is 1110. The summed E-state index contributed by atoms with van der Waals surface area (Å²) in [5, 5.41) is 3.02. The number of nitrogens with zero attached hydrogens (tertiary/aromatic N) is 1. The highest BCUT2D eigenvalue weighted by molar-refractivity contribution is 6.04. The van der Waals surface area contributed by atoms with Crippen molar-refractivity contribution in [2.45, 2.75) is 18.9 Å². The Kier molecular flexibility index (Phi) is 6.12. The van der Waals surface area contributed by atoms with Crippen LogP contribution in [0.4, 0.5) is 5.69 Å². The van der Waals surface area contributed by atoms with Gasteiger partial charge in [0.25, 0.3) is 5.91 Å². The Morgan fingerprint density at radius 3 is 2.28 bits per heavy atom. The maximum Gasteiger partial charge on any atom is 0.254 e. The molecule has 3 aromatic carbocycles. The predicted octanol–water partition coefficient (Wildman–Crippen LogP) is 4.64. The first kappa shape index (κ1) is 21.4. The predicted molar refractivity (Wildman–Crippen MR) is 123 cm³/mol. The minimum atomic E-state index is -0.575. The van der Waals surface area contributed by atoms with E-state index >= 15 is 0 Å². The molecular formula is C26H26N2O4. The number of carbonyl (C=O) groups is 2. The van der Waals surface area contributed by atoms with E-state index in [1.165, 1.54) is 0 Å². The van der Waals surface area contributed by atoms with Gasteiger partial charge in [0.1, 0.15) is 11.5 Å². The lowest BCUT2D eigenvalue weighted by atomic mass is 9.79. The molecule has 0 saturated carbocycles. The first-order chi connectivity index (χ1) is 15.5. The minimum absolute atomic E-state index is 0.105. The molecule has 0 aliphatic carbocycles. The van der Waals surface area contributed by atoms with Crippen LogP contribution in [-0.4, -0.2) is 37.5 Å². The van der Waals surface area contributed by atoms with Crippen LogP contribution in [0.2, 0.25) is 0 Å². The number of nitrogens with one attached hydrogen (secondary N) is 1. The van der Waals surface area contributed by atoms with Crippen molar-refractivity contribution in [1.82, 2.24) is 4.90 Å². The number of benzene rings is 3. The average Bonchev–Trinajstić information content (AvgIpc) is 2.82. The summed E-state index contributed by atoms with van der Waals surface area (Å²) in [6, 6.07) is 21.6. The first-order valence-corrected chi connectivity index (χ1v) is 10.6. The number of hydrogen-bond donors (Lipinski definition) is 1. The van der Waals surface area contributed by atoms with E-state index in [0.717, 1.165) is 16.9 Å². The summed E-state index contributed by atoms with van der Waals surface area (Å²) >= 11 is 0. The quantitative estimate of drug-likeness (QED) is 0.619. The van der Waals surface area contributed by atoms with Crippen LogP contribution in [0.5, 0.6) is 11.5 Å². The smallest absolute Gasteiger partial charge is 0.254 e. The zero-order chi connectivity index (χ0) is 22.7. The number of amides is 2. The van der Waals surface area contributed by atoms with Gasteiger partial charge in [-0.3, -0.25) is 9.59 Å². The summed E-state index contributed by atoms with van der Waals surface area (Å²) in [5.74, 6) is 0.603. The van der Waals surface area contributed by atoms with Gasteiger partial charge in [-0.15, -0.1) is 0 Å². The third-order valence-corrected chi connectivity index (χ3v) is 5.75. The van der Waals surface area contributed by atoms with E-state index in [1.807, 2.05) is 73.7 Å². The molecule has 1 aliphatic rings. The lowest BCUT2D eigenvalue weighted by Crippen LogP contribution is -2.44. The third-order valence-electron chi connectivity index (χ3n) is 5.75. The van der Waals surface area contributed by atoms with Crippen LogP contribution in [0, 0.1) is 0 Å². The zero-order valence-corrected chi connectivity index (χ0v) is 18.4. The van der Waals surface area contributed by atoms with Crippen LogP contribution >= 0.6 is 0 Å². The van der Waals surface area contributed by atoms with Crippen LogP contribution in [0.15, 0.2) is 72.8 Å². The summed E-state index contributed by atoms with van der Waals surface area (Å²) in [6.07, 6.45) is 0. The Morgan fingerprint density at radius 2 is 1.62 bits per heavy atom. The summed E-state index contributed by atoms with van der Waals surface area (Å²) in [6.45, 7) is 2.50. The van der Waals surface area contributed by atoms with Gasteiger partial charge in [0.2, 0.25) is 5.91 Å². The SMILES string of the molecule is CCOc1ccc(NC(=O)[C@H]2c3ccccc3C(=O)N(C)[C@H]2c2ccc(OC)cc2)cc1. The largest absolute Gasteiger partial charge is 0.497 e. The summed E-state index contributed by atoms with van der Waals surface area (Å²) in [4.78, 5) is 28.3. The summed E-state index contributed by atoms with van der Waals surface area (Å²) < 4.78 is 10.8. The van der Waals surface area contributed by atoms with Gasteiger partial charge < -0.3 is 19.7 Å². The van der Waals surface area contributed by atoms with Crippen LogP contribution in [-0.2, 0) is 4.79 Å². The van der Waals surface area contributed by atoms with Crippen molar-refractivity contribution in [2.24, 2.45) is 0 Å². The number of likely N-dealkylation sites (N-methyl/N-ethyl adjacent to an activating group) is 1. The number of ether oxygens (including phenoxy) is 2. The highest BCUT2D eigenvalue weighted by Gasteiger charge is 2.42. The van der Waals surface area contributed by atoms with Gasteiger partial charge in [-0.25, -0.2) is 0 Å². The molecule has 6 nitrogen and oxygen atoms in total. The second-order valence-electron chi connectivity index (χ2n) is 7.65. The minimum Gasteiger partial charge on any atom is -0.497 e. The normalized spacial score (nSPS) is 17.5. The molecule has 1 heterocycles. The molecule has 0 fully saturated rings. The molecule has 3 aromatic rings. The number of rotatable bonds is 6. The monoisotopic (exact) mass is 430 g/mol. The van der Waals surface area contributed by atoms with Crippen LogP contribution in [0.1, 0.15) is 40.4 Å². The maximum atomic E-state index is 13.6. The Hall–Kier alpha value is -3.80. The third kappa shape index (κ3) is 4.04. The first-order valence-electron chi connectivity index (χ1n) is 10.6. The molecule has 0 radical (unpaired) electrons. The molecule has 0 bridgehead atoms. The van der Waals surface area contributed by atoms with E-state index < -0.39 is 12.0 Å². The summed E-state index contributed by atoms with van der Waals surface area (Å²) in [7, 11) is 3.35. The van der Waals surface area contributed by atoms with Gasteiger partial charge in [0.05, 0.1) is 25.7 Å². The van der Waals surface area contributed by atoms with Crippen molar-refractivity contribution in [3.8, 4) is 11.5 Å². The van der Waals surface area contributed by atoms with Crippen LogP contribution in [0.25, 0.3) is 0 Å². The van der Waals surface area contributed by atoms with Crippen molar-refractivity contribution in [2.75, 3.05) is 26.1 Å². The molecule has 32 heavy (non-hydrogen) atoms. The second-order valence-corrected chi connectivity index (χ2v) is 7.65.